The third-order valence-electron chi connectivity index (χ3n) is 11.4. The van der Waals surface area contributed by atoms with Crippen LogP contribution in [0.4, 0.5) is 28.4 Å². The molecule has 0 unspecified atom stereocenters. The summed E-state index contributed by atoms with van der Waals surface area (Å²) in [4.78, 5) is 2.48. The van der Waals surface area contributed by atoms with Crippen LogP contribution in [0.2, 0.25) is 0 Å². The fourth-order valence-corrected chi connectivity index (χ4v) is 9.25. The first-order valence-corrected chi connectivity index (χ1v) is 18.4. The molecule has 2 heteroatoms. The van der Waals surface area contributed by atoms with Crippen molar-refractivity contribution < 1.29 is 0 Å². The quantitative estimate of drug-likeness (QED) is 0.195. The number of nitrogens with zero attached hydrogens (tertiary/aromatic N) is 1. The van der Waals surface area contributed by atoms with Crippen LogP contribution in [0.1, 0.15) is 22.3 Å². The Labute approximate surface area is 309 Å². The van der Waals surface area contributed by atoms with Gasteiger partial charge < -0.3 is 10.2 Å². The number of rotatable bonds is 5. The standard InChI is InChI=1S/C51H34N2/c1-2-18-36(19-3-1)52-37-28-30-43-44-31-29-38(33-48(44)51(47(43)32-37)45-24-10-8-22-41(45)42-23-9-11-25-46(42)51)53(49-26-12-16-34-14-4-6-20-39(34)49)50-27-13-17-35-15-5-7-21-40(35)50/h1-33,52H. The van der Waals surface area contributed by atoms with Crippen molar-refractivity contribution in [2.75, 3.05) is 10.2 Å². The Morgan fingerprint density at radius 2 is 0.830 bits per heavy atom. The summed E-state index contributed by atoms with van der Waals surface area (Å²) in [5.41, 5.74) is 15.5. The molecule has 0 fully saturated rings. The Kier molecular flexibility index (Phi) is 6.50. The van der Waals surface area contributed by atoms with E-state index in [1.165, 1.54) is 66.1 Å². The van der Waals surface area contributed by atoms with Crippen molar-refractivity contribution in [1.82, 2.24) is 0 Å². The minimum Gasteiger partial charge on any atom is -0.356 e. The predicted molar refractivity (Wildman–Crippen MR) is 222 cm³/mol. The highest BCUT2D eigenvalue weighted by atomic mass is 15.1. The van der Waals surface area contributed by atoms with Crippen LogP contribution in [0, 0.1) is 0 Å². The number of benzene rings is 9. The summed E-state index contributed by atoms with van der Waals surface area (Å²) in [5.74, 6) is 0. The monoisotopic (exact) mass is 674 g/mol. The fourth-order valence-electron chi connectivity index (χ4n) is 9.25. The van der Waals surface area contributed by atoms with E-state index in [1.54, 1.807) is 0 Å². The molecule has 0 saturated heterocycles. The summed E-state index contributed by atoms with van der Waals surface area (Å²) < 4.78 is 0. The van der Waals surface area contributed by atoms with E-state index in [9.17, 15) is 0 Å². The zero-order valence-corrected chi connectivity index (χ0v) is 29.0. The van der Waals surface area contributed by atoms with Gasteiger partial charge in [-0.1, -0.05) is 152 Å². The van der Waals surface area contributed by atoms with Crippen molar-refractivity contribution in [3.63, 3.8) is 0 Å². The molecule has 0 aromatic heterocycles. The number of nitrogens with one attached hydrogen (secondary N) is 1. The minimum absolute atomic E-state index is 0.495. The molecule has 0 radical (unpaired) electrons. The lowest BCUT2D eigenvalue weighted by Gasteiger charge is -2.33. The lowest BCUT2D eigenvalue weighted by atomic mass is 9.70. The van der Waals surface area contributed by atoms with Gasteiger partial charge in [0.2, 0.25) is 0 Å². The smallest absolute Gasteiger partial charge is 0.0727 e. The maximum atomic E-state index is 3.71. The molecule has 2 aliphatic carbocycles. The summed E-state index contributed by atoms with van der Waals surface area (Å²) in [6.45, 7) is 0. The number of hydrogen-bond acceptors (Lipinski definition) is 2. The first-order valence-electron chi connectivity index (χ1n) is 18.4. The first kappa shape index (κ1) is 29.8. The van der Waals surface area contributed by atoms with Crippen molar-refractivity contribution in [3.8, 4) is 22.3 Å². The molecule has 0 atom stereocenters. The van der Waals surface area contributed by atoms with E-state index in [4.69, 9.17) is 0 Å². The van der Waals surface area contributed by atoms with Gasteiger partial charge in [-0.15, -0.1) is 0 Å². The van der Waals surface area contributed by atoms with E-state index in [1.807, 2.05) is 0 Å². The second-order valence-electron chi connectivity index (χ2n) is 14.2. The highest BCUT2D eigenvalue weighted by Crippen LogP contribution is 2.63. The Morgan fingerprint density at radius 1 is 0.340 bits per heavy atom. The molecule has 9 aromatic carbocycles. The van der Waals surface area contributed by atoms with Crippen LogP contribution < -0.4 is 10.2 Å². The van der Waals surface area contributed by atoms with Gasteiger partial charge in [0, 0.05) is 27.8 Å². The lowest BCUT2D eigenvalue weighted by molar-refractivity contribution is 0.794. The highest BCUT2D eigenvalue weighted by Gasteiger charge is 2.52. The average molecular weight is 675 g/mol. The van der Waals surface area contributed by atoms with Crippen molar-refractivity contribution >= 4 is 50.0 Å². The van der Waals surface area contributed by atoms with Gasteiger partial charge in [0.25, 0.3) is 0 Å². The van der Waals surface area contributed by atoms with Gasteiger partial charge in [-0.05, 0) is 104 Å². The Hall–Kier alpha value is -6.90. The van der Waals surface area contributed by atoms with E-state index in [2.05, 4.69) is 210 Å². The van der Waals surface area contributed by atoms with E-state index >= 15 is 0 Å². The SMILES string of the molecule is c1ccc(Nc2ccc3c(c2)C2(c4ccccc4-c4ccccc42)c2cc(N(c4cccc5ccccc45)c4cccc5ccccc45)ccc2-3)cc1. The van der Waals surface area contributed by atoms with Crippen LogP contribution in [0.3, 0.4) is 0 Å². The van der Waals surface area contributed by atoms with E-state index in [0.29, 0.717) is 0 Å². The van der Waals surface area contributed by atoms with Gasteiger partial charge in [0.1, 0.15) is 0 Å². The summed E-state index contributed by atoms with van der Waals surface area (Å²) in [5, 5.41) is 8.59. The third kappa shape index (κ3) is 4.33. The first-order chi connectivity index (χ1) is 26.3. The minimum atomic E-state index is -0.495. The molecule has 0 bridgehead atoms. The molecule has 2 aliphatic rings. The number of fused-ring (bicyclic) bond motifs is 12. The molecule has 9 aromatic rings. The van der Waals surface area contributed by atoms with E-state index in [0.717, 1.165) is 28.4 Å². The van der Waals surface area contributed by atoms with E-state index in [-0.39, 0.29) is 0 Å². The second kappa shape index (κ2) is 11.6. The number of anilines is 5. The highest BCUT2D eigenvalue weighted by molar-refractivity contribution is 6.05. The van der Waals surface area contributed by atoms with Crippen LogP contribution in [0.25, 0.3) is 43.8 Å². The third-order valence-corrected chi connectivity index (χ3v) is 11.4. The number of hydrogen-bond donors (Lipinski definition) is 1. The van der Waals surface area contributed by atoms with Crippen LogP contribution in [0.5, 0.6) is 0 Å². The Morgan fingerprint density at radius 3 is 1.47 bits per heavy atom. The van der Waals surface area contributed by atoms with Crippen LogP contribution in [-0.2, 0) is 5.41 Å². The molecular weight excluding hydrogens is 641 g/mol. The molecule has 11 rings (SSSR count). The zero-order chi connectivity index (χ0) is 34.9. The molecule has 1 spiro atoms. The molecule has 0 aliphatic heterocycles. The zero-order valence-electron chi connectivity index (χ0n) is 29.0. The Bertz CT molecular complexity index is 2750. The van der Waals surface area contributed by atoms with Crippen LogP contribution in [-0.4, -0.2) is 0 Å². The predicted octanol–water partition coefficient (Wildman–Crippen LogP) is 13.5. The Balaban J connectivity index is 1.21. The van der Waals surface area contributed by atoms with Crippen LogP contribution >= 0.6 is 0 Å². The fraction of sp³-hybridized carbons (Fsp3) is 0.0196. The largest absolute Gasteiger partial charge is 0.356 e. The summed E-state index contributed by atoms with van der Waals surface area (Å²) in [6, 6.07) is 73.5. The molecule has 2 nitrogen and oxygen atoms in total. The maximum absolute atomic E-state index is 3.71. The molecule has 0 heterocycles. The molecule has 0 saturated carbocycles. The van der Waals surface area contributed by atoms with Gasteiger partial charge in [-0.3, -0.25) is 0 Å². The molecule has 0 amide bonds. The summed E-state index contributed by atoms with van der Waals surface area (Å²) >= 11 is 0. The average Bonchev–Trinajstić information content (AvgIpc) is 3.68. The van der Waals surface area contributed by atoms with Crippen molar-refractivity contribution in [3.05, 3.63) is 222 Å². The second-order valence-corrected chi connectivity index (χ2v) is 14.2. The molecule has 53 heavy (non-hydrogen) atoms. The summed E-state index contributed by atoms with van der Waals surface area (Å²) in [7, 11) is 0. The number of para-hydroxylation sites is 1. The summed E-state index contributed by atoms with van der Waals surface area (Å²) in [6.07, 6.45) is 0. The normalized spacial score (nSPS) is 13.1. The van der Waals surface area contributed by atoms with Crippen molar-refractivity contribution in [2.45, 2.75) is 5.41 Å². The van der Waals surface area contributed by atoms with Gasteiger partial charge in [-0.2, -0.15) is 0 Å². The van der Waals surface area contributed by atoms with E-state index < -0.39 is 5.41 Å². The topological polar surface area (TPSA) is 15.3 Å². The van der Waals surface area contributed by atoms with Gasteiger partial charge >= 0.3 is 0 Å². The maximum Gasteiger partial charge on any atom is 0.0727 e. The molecule has 1 N–H and O–H groups in total. The van der Waals surface area contributed by atoms with Crippen LogP contribution in [0.15, 0.2) is 200 Å². The van der Waals surface area contributed by atoms with Gasteiger partial charge in [-0.25, -0.2) is 0 Å². The lowest BCUT2D eigenvalue weighted by Crippen LogP contribution is -2.26. The molecular formula is C51H34N2. The molecule has 248 valence electrons. The van der Waals surface area contributed by atoms with Gasteiger partial charge in [0.15, 0.2) is 0 Å². The van der Waals surface area contributed by atoms with Crippen molar-refractivity contribution in [1.29, 1.82) is 0 Å². The van der Waals surface area contributed by atoms with Crippen molar-refractivity contribution in [2.24, 2.45) is 0 Å². The van der Waals surface area contributed by atoms with Gasteiger partial charge in [0.05, 0.1) is 16.8 Å².